The molecular weight excluding hydrogens is 293 g/mol. The summed E-state index contributed by atoms with van der Waals surface area (Å²) in [5.41, 5.74) is 8.04. The van der Waals surface area contributed by atoms with Crippen molar-refractivity contribution < 1.29 is 9.18 Å². The van der Waals surface area contributed by atoms with E-state index in [1.54, 1.807) is 12.1 Å². The fourth-order valence-electron chi connectivity index (χ4n) is 3.03. The van der Waals surface area contributed by atoms with Crippen LogP contribution in [0.4, 0.5) is 10.1 Å². The molecule has 3 N–H and O–H groups in total. The number of halogens is 1. The summed E-state index contributed by atoms with van der Waals surface area (Å²) in [7, 11) is 0. The summed E-state index contributed by atoms with van der Waals surface area (Å²) >= 11 is 0. The lowest BCUT2D eigenvalue weighted by molar-refractivity contribution is -0.117. The first-order valence-corrected chi connectivity index (χ1v) is 7.70. The molecule has 1 heterocycles. The van der Waals surface area contributed by atoms with E-state index in [2.05, 4.69) is 22.3 Å². The van der Waals surface area contributed by atoms with Gasteiger partial charge in [0.15, 0.2) is 0 Å². The van der Waals surface area contributed by atoms with Crippen LogP contribution in [0.15, 0.2) is 54.6 Å². The molecule has 3 rings (SSSR count). The minimum atomic E-state index is -0.320. The molecule has 2 atom stereocenters. The van der Waals surface area contributed by atoms with Gasteiger partial charge in [0.05, 0.1) is 6.54 Å². The first-order valence-electron chi connectivity index (χ1n) is 7.70. The van der Waals surface area contributed by atoms with E-state index in [0.717, 1.165) is 6.54 Å². The van der Waals surface area contributed by atoms with Gasteiger partial charge in [-0.3, -0.25) is 9.69 Å². The third-order valence-corrected chi connectivity index (χ3v) is 4.16. The summed E-state index contributed by atoms with van der Waals surface area (Å²) in [6.07, 6.45) is 0. The van der Waals surface area contributed by atoms with Gasteiger partial charge in [-0.1, -0.05) is 30.3 Å². The maximum absolute atomic E-state index is 12.9. The van der Waals surface area contributed by atoms with Gasteiger partial charge in [-0.25, -0.2) is 4.39 Å². The predicted molar refractivity (Wildman–Crippen MR) is 88.6 cm³/mol. The molecule has 1 amide bonds. The number of likely N-dealkylation sites (tertiary alicyclic amines) is 1. The van der Waals surface area contributed by atoms with Crippen molar-refractivity contribution >= 4 is 11.6 Å². The van der Waals surface area contributed by atoms with Crippen molar-refractivity contribution in [3.63, 3.8) is 0 Å². The third-order valence-electron chi connectivity index (χ3n) is 4.16. The minimum Gasteiger partial charge on any atom is -0.326 e. The molecule has 0 aliphatic carbocycles. The van der Waals surface area contributed by atoms with Crippen molar-refractivity contribution in [1.29, 1.82) is 0 Å². The zero-order chi connectivity index (χ0) is 16.2. The second kappa shape index (κ2) is 6.89. The van der Waals surface area contributed by atoms with E-state index in [-0.39, 0.29) is 30.2 Å². The molecular formula is C18H20FN3O. The Morgan fingerprint density at radius 1 is 1.13 bits per heavy atom. The molecule has 0 saturated carbocycles. The molecule has 4 nitrogen and oxygen atoms in total. The van der Waals surface area contributed by atoms with E-state index >= 15 is 0 Å². The highest BCUT2D eigenvalue weighted by Gasteiger charge is 2.31. The molecule has 5 heteroatoms. The summed E-state index contributed by atoms with van der Waals surface area (Å²) in [5.74, 6) is -0.188. The summed E-state index contributed by atoms with van der Waals surface area (Å²) in [6.45, 7) is 1.74. The third kappa shape index (κ3) is 3.94. The summed E-state index contributed by atoms with van der Waals surface area (Å²) < 4.78 is 12.9. The van der Waals surface area contributed by atoms with E-state index < -0.39 is 0 Å². The summed E-state index contributed by atoms with van der Waals surface area (Å²) in [5, 5.41) is 2.78. The van der Waals surface area contributed by atoms with Crippen LogP contribution in [-0.2, 0) is 4.79 Å². The molecule has 1 saturated heterocycles. The Hall–Kier alpha value is -2.24. The van der Waals surface area contributed by atoms with Gasteiger partial charge in [0.2, 0.25) is 5.91 Å². The lowest BCUT2D eigenvalue weighted by Gasteiger charge is -2.16. The standard InChI is InChI=1S/C18H20FN3O/c19-14-6-8-15(9-7-14)21-18(23)12-22-10-16(17(20)11-22)13-4-2-1-3-5-13/h1-9,16-17H,10-12,20H2,(H,21,23)/t16-,17+/m0/s1. The molecule has 0 spiro atoms. The fourth-order valence-corrected chi connectivity index (χ4v) is 3.03. The molecule has 23 heavy (non-hydrogen) atoms. The first-order chi connectivity index (χ1) is 11.1. The second-order valence-corrected chi connectivity index (χ2v) is 5.93. The van der Waals surface area contributed by atoms with Crippen LogP contribution >= 0.6 is 0 Å². The molecule has 2 aromatic rings. The van der Waals surface area contributed by atoms with E-state index in [1.807, 2.05) is 18.2 Å². The fraction of sp³-hybridized carbons (Fsp3) is 0.278. The topological polar surface area (TPSA) is 58.4 Å². The highest BCUT2D eigenvalue weighted by atomic mass is 19.1. The van der Waals surface area contributed by atoms with Crippen LogP contribution < -0.4 is 11.1 Å². The quantitative estimate of drug-likeness (QED) is 0.910. The zero-order valence-electron chi connectivity index (χ0n) is 12.8. The molecule has 1 aliphatic heterocycles. The van der Waals surface area contributed by atoms with Gasteiger partial charge in [0.1, 0.15) is 5.82 Å². The SMILES string of the molecule is N[C@@H]1CN(CC(=O)Nc2ccc(F)cc2)C[C@H]1c1ccccc1. The zero-order valence-corrected chi connectivity index (χ0v) is 12.8. The van der Waals surface area contributed by atoms with Crippen molar-refractivity contribution in [2.45, 2.75) is 12.0 Å². The number of hydrogen-bond acceptors (Lipinski definition) is 3. The van der Waals surface area contributed by atoms with Gasteiger partial charge in [-0.2, -0.15) is 0 Å². The Balaban J connectivity index is 1.56. The highest BCUT2D eigenvalue weighted by Crippen LogP contribution is 2.26. The van der Waals surface area contributed by atoms with Crippen LogP contribution in [0.3, 0.4) is 0 Å². The van der Waals surface area contributed by atoms with Crippen molar-refractivity contribution in [2.24, 2.45) is 5.73 Å². The molecule has 120 valence electrons. The molecule has 0 radical (unpaired) electrons. The molecule has 0 aromatic heterocycles. The number of nitrogens with zero attached hydrogens (tertiary/aromatic N) is 1. The molecule has 0 unspecified atom stereocenters. The van der Waals surface area contributed by atoms with Crippen molar-refractivity contribution in [1.82, 2.24) is 4.90 Å². The Morgan fingerprint density at radius 3 is 2.52 bits per heavy atom. The van der Waals surface area contributed by atoms with Crippen molar-refractivity contribution in [3.05, 3.63) is 66.0 Å². The van der Waals surface area contributed by atoms with Gasteiger partial charge in [0, 0.05) is 30.7 Å². The van der Waals surface area contributed by atoms with E-state index in [0.29, 0.717) is 12.2 Å². The Kier molecular flexibility index (Phi) is 4.69. The number of benzene rings is 2. The largest absolute Gasteiger partial charge is 0.326 e. The predicted octanol–water partition coefficient (Wildman–Crippen LogP) is 2.19. The minimum absolute atomic E-state index is 0.0241. The van der Waals surface area contributed by atoms with Gasteiger partial charge in [0.25, 0.3) is 0 Å². The lowest BCUT2D eigenvalue weighted by Crippen LogP contribution is -2.33. The summed E-state index contributed by atoms with van der Waals surface area (Å²) in [4.78, 5) is 14.2. The number of nitrogens with two attached hydrogens (primary N) is 1. The van der Waals surface area contributed by atoms with E-state index in [9.17, 15) is 9.18 Å². The van der Waals surface area contributed by atoms with E-state index in [1.165, 1.54) is 17.7 Å². The average Bonchev–Trinajstić information content (AvgIpc) is 2.91. The maximum atomic E-state index is 12.9. The van der Waals surface area contributed by atoms with Gasteiger partial charge in [-0.05, 0) is 29.8 Å². The van der Waals surface area contributed by atoms with Crippen LogP contribution in [0.5, 0.6) is 0 Å². The average molecular weight is 313 g/mol. The van der Waals surface area contributed by atoms with Gasteiger partial charge < -0.3 is 11.1 Å². The highest BCUT2D eigenvalue weighted by molar-refractivity contribution is 5.92. The number of hydrogen-bond donors (Lipinski definition) is 2. The van der Waals surface area contributed by atoms with Crippen molar-refractivity contribution in [3.8, 4) is 0 Å². The number of rotatable bonds is 4. The lowest BCUT2D eigenvalue weighted by atomic mass is 9.95. The van der Waals surface area contributed by atoms with Gasteiger partial charge in [-0.15, -0.1) is 0 Å². The normalized spacial score (nSPS) is 21.3. The van der Waals surface area contributed by atoms with Gasteiger partial charge >= 0.3 is 0 Å². The maximum Gasteiger partial charge on any atom is 0.238 e. The van der Waals surface area contributed by atoms with Crippen LogP contribution in [0.25, 0.3) is 0 Å². The van der Waals surface area contributed by atoms with Crippen LogP contribution in [0.1, 0.15) is 11.5 Å². The van der Waals surface area contributed by atoms with Crippen LogP contribution in [-0.4, -0.2) is 36.5 Å². The number of carbonyl (C=O) groups excluding carboxylic acids is 1. The smallest absolute Gasteiger partial charge is 0.238 e. The van der Waals surface area contributed by atoms with Crippen molar-refractivity contribution in [2.75, 3.05) is 25.0 Å². The number of carbonyl (C=O) groups is 1. The van der Waals surface area contributed by atoms with E-state index in [4.69, 9.17) is 5.73 Å². The Bertz CT molecular complexity index is 660. The number of amides is 1. The molecule has 1 fully saturated rings. The molecule has 1 aliphatic rings. The second-order valence-electron chi connectivity index (χ2n) is 5.93. The van der Waals surface area contributed by atoms with Crippen LogP contribution in [0, 0.1) is 5.82 Å². The monoisotopic (exact) mass is 313 g/mol. The Morgan fingerprint density at radius 2 is 1.83 bits per heavy atom. The van der Waals surface area contributed by atoms with Crippen LogP contribution in [0.2, 0.25) is 0 Å². The molecule has 0 bridgehead atoms. The first kappa shape index (κ1) is 15.6. The molecule has 2 aromatic carbocycles. The Labute approximate surface area is 135 Å². The number of anilines is 1. The number of nitrogens with one attached hydrogen (secondary N) is 1. The summed E-state index contributed by atoms with van der Waals surface area (Å²) in [6, 6.07) is 15.9.